The second kappa shape index (κ2) is 8.63. The van der Waals surface area contributed by atoms with Crippen LogP contribution >= 0.6 is 0 Å². The van der Waals surface area contributed by atoms with E-state index in [1.807, 2.05) is 24.5 Å². The average Bonchev–Trinajstić information content (AvgIpc) is 2.82. The van der Waals surface area contributed by atoms with Gasteiger partial charge in [0, 0.05) is 62.4 Å². The van der Waals surface area contributed by atoms with Gasteiger partial charge in [-0.25, -0.2) is 15.0 Å². The SMILES string of the molecule is Cc1ccc(N)cc1N1Cc2cnc(Cc3ccc(N4CCOCC4)nc3)nc2N(C)C1. The standard InChI is InChI=1S/C24H29N7O/c1-17-3-5-20(25)12-21(17)31-15-19-14-26-22(28-24(19)29(2)16-31)11-18-4-6-23(27-13-18)30-7-9-32-10-8-30/h3-6,12-14H,7-11,15-16,25H2,1-2H3. The summed E-state index contributed by atoms with van der Waals surface area (Å²) in [5.41, 5.74) is 11.4. The van der Waals surface area contributed by atoms with E-state index >= 15 is 0 Å². The van der Waals surface area contributed by atoms with E-state index in [1.54, 1.807) is 0 Å². The first-order valence-corrected chi connectivity index (χ1v) is 11.0. The van der Waals surface area contributed by atoms with Crippen molar-refractivity contribution in [2.75, 3.05) is 60.5 Å². The number of aromatic nitrogens is 3. The number of benzene rings is 1. The Kier molecular flexibility index (Phi) is 5.53. The normalized spacial score (nSPS) is 16.2. The summed E-state index contributed by atoms with van der Waals surface area (Å²) in [6.45, 7) is 6.92. The largest absolute Gasteiger partial charge is 0.399 e. The van der Waals surface area contributed by atoms with Crippen LogP contribution in [0, 0.1) is 6.92 Å². The van der Waals surface area contributed by atoms with Crippen LogP contribution in [0.15, 0.2) is 42.7 Å². The Morgan fingerprint density at radius 2 is 1.88 bits per heavy atom. The molecular weight excluding hydrogens is 402 g/mol. The van der Waals surface area contributed by atoms with E-state index in [1.165, 1.54) is 5.56 Å². The maximum Gasteiger partial charge on any atom is 0.138 e. The molecule has 8 heteroatoms. The van der Waals surface area contributed by atoms with Crippen LogP contribution in [0.5, 0.6) is 0 Å². The maximum atomic E-state index is 6.03. The molecule has 0 spiro atoms. The van der Waals surface area contributed by atoms with Gasteiger partial charge in [0.1, 0.15) is 17.5 Å². The number of hydrogen-bond acceptors (Lipinski definition) is 8. The van der Waals surface area contributed by atoms with Gasteiger partial charge in [0.2, 0.25) is 0 Å². The summed E-state index contributed by atoms with van der Waals surface area (Å²) in [7, 11) is 2.07. The molecule has 5 rings (SSSR count). The molecule has 0 saturated carbocycles. The van der Waals surface area contributed by atoms with Gasteiger partial charge in [-0.2, -0.15) is 0 Å². The Hall–Kier alpha value is -3.39. The van der Waals surface area contributed by atoms with Gasteiger partial charge in [-0.1, -0.05) is 12.1 Å². The lowest BCUT2D eigenvalue weighted by molar-refractivity contribution is 0.122. The van der Waals surface area contributed by atoms with Crippen LogP contribution < -0.4 is 20.4 Å². The van der Waals surface area contributed by atoms with Gasteiger partial charge in [0.05, 0.1) is 19.9 Å². The van der Waals surface area contributed by atoms with E-state index in [2.05, 4.69) is 56.8 Å². The Morgan fingerprint density at radius 3 is 2.66 bits per heavy atom. The fraction of sp³-hybridized carbons (Fsp3) is 0.375. The van der Waals surface area contributed by atoms with Crippen molar-refractivity contribution in [2.24, 2.45) is 0 Å². The quantitative estimate of drug-likeness (QED) is 0.631. The zero-order valence-corrected chi connectivity index (χ0v) is 18.7. The topological polar surface area (TPSA) is 83.6 Å². The minimum atomic E-state index is 0.662. The van der Waals surface area contributed by atoms with Crippen LogP contribution in [0.1, 0.15) is 22.5 Å². The minimum absolute atomic E-state index is 0.662. The molecule has 4 heterocycles. The predicted molar refractivity (Wildman–Crippen MR) is 127 cm³/mol. The number of rotatable bonds is 4. The van der Waals surface area contributed by atoms with Crippen LogP contribution in [0.4, 0.5) is 23.0 Å². The van der Waals surface area contributed by atoms with Crippen molar-refractivity contribution in [1.82, 2.24) is 15.0 Å². The molecule has 1 aromatic carbocycles. The number of fused-ring (bicyclic) bond motifs is 1. The zero-order valence-electron chi connectivity index (χ0n) is 18.7. The number of nitrogen functional groups attached to an aromatic ring is 1. The molecule has 1 saturated heterocycles. The number of anilines is 4. The van der Waals surface area contributed by atoms with Gasteiger partial charge in [-0.3, -0.25) is 0 Å². The monoisotopic (exact) mass is 431 g/mol. The molecule has 1 fully saturated rings. The summed E-state index contributed by atoms with van der Waals surface area (Å²) in [5, 5.41) is 0. The van der Waals surface area contributed by atoms with E-state index < -0.39 is 0 Å². The van der Waals surface area contributed by atoms with Gasteiger partial charge in [0.25, 0.3) is 0 Å². The van der Waals surface area contributed by atoms with Gasteiger partial charge in [0.15, 0.2) is 0 Å². The van der Waals surface area contributed by atoms with E-state index in [0.717, 1.165) is 79.5 Å². The van der Waals surface area contributed by atoms with Gasteiger partial charge >= 0.3 is 0 Å². The molecule has 2 aliphatic heterocycles. The number of nitrogens with zero attached hydrogens (tertiary/aromatic N) is 6. The molecule has 0 radical (unpaired) electrons. The molecule has 166 valence electrons. The summed E-state index contributed by atoms with van der Waals surface area (Å²) in [6.07, 6.45) is 4.55. The van der Waals surface area contributed by atoms with Crippen molar-refractivity contribution in [3.8, 4) is 0 Å². The molecule has 0 amide bonds. The first-order chi connectivity index (χ1) is 15.6. The third-order valence-corrected chi connectivity index (χ3v) is 6.08. The third-order valence-electron chi connectivity index (χ3n) is 6.08. The van der Waals surface area contributed by atoms with Crippen LogP contribution in [-0.2, 0) is 17.7 Å². The maximum absolute atomic E-state index is 6.03. The van der Waals surface area contributed by atoms with Crippen LogP contribution in [0.2, 0.25) is 0 Å². The first kappa shape index (κ1) is 20.5. The van der Waals surface area contributed by atoms with E-state index in [-0.39, 0.29) is 0 Å². The number of aryl methyl sites for hydroxylation is 1. The second-order valence-electron chi connectivity index (χ2n) is 8.52. The Morgan fingerprint density at radius 1 is 1.03 bits per heavy atom. The van der Waals surface area contributed by atoms with Crippen molar-refractivity contribution in [2.45, 2.75) is 19.9 Å². The number of pyridine rings is 1. The summed E-state index contributed by atoms with van der Waals surface area (Å²) in [4.78, 5) is 20.9. The lowest BCUT2D eigenvalue weighted by Crippen LogP contribution is -2.41. The molecule has 2 N–H and O–H groups in total. The molecule has 3 aromatic rings. The smallest absolute Gasteiger partial charge is 0.138 e. The van der Waals surface area contributed by atoms with Gasteiger partial charge in [-0.05, 0) is 36.2 Å². The fourth-order valence-corrected chi connectivity index (χ4v) is 4.35. The van der Waals surface area contributed by atoms with E-state index in [9.17, 15) is 0 Å². The zero-order chi connectivity index (χ0) is 22.1. The van der Waals surface area contributed by atoms with Crippen LogP contribution in [0.25, 0.3) is 0 Å². The third kappa shape index (κ3) is 4.18. The van der Waals surface area contributed by atoms with Gasteiger partial charge in [-0.15, -0.1) is 0 Å². The number of morpholine rings is 1. The molecule has 2 aromatic heterocycles. The Labute approximate surface area is 188 Å². The highest BCUT2D eigenvalue weighted by Gasteiger charge is 2.23. The highest BCUT2D eigenvalue weighted by atomic mass is 16.5. The summed E-state index contributed by atoms with van der Waals surface area (Å²) in [5.74, 6) is 2.80. The molecule has 32 heavy (non-hydrogen) atoms. The summed E-state index contributed by atoms with van der Waals surface area (Å²) < 4.78 is 5.42. The minimum Gasteiger partial charge on any atom is -0.399 e. The van der Waals surface area contributed by atoms with Crippen molar-refractivity contribution >= 4 is 23.0 Å². The van der Waals surface area contributed by atoms with E-state index in [0.29, 0.717) is 6.42 Å². The average molecular weight is 432 g/mol. The van der Waals surface area contributed by atoms with Crippen molar-refractivity contribution in [3.05, 3.63) is 65.2 Å². The number of hydrogen-bond donors (Lipinski definition) is 1. The van der Waals surface area contributed by atoms with Crippen molar-refractivity contribution in [3.63, 3.8) is 0 Å². The fourth-order valence-electron chi connectivity index (χ4n) is 4.35. The molecule has 0 unspecified atom stereocenters. The Bertz CT molecular complexity index is 1100. The molecule has 0 bridgehead atoms. The van der Waals surface area contributed by atoms with Gasteiger partial charge < -0.3 is 25.2 Å². The van der Waals surface area contributed by atoms with Crippen molar-refractivity contribution in [1.29, 1.82) is 0 Å². The molecule has 0 aliphatic carbocycles. The van der Waals surface area contributed by atoms with Crippen LogP contribution in [-0.4, -0.2) is 55.0 Å². The molecule has 2 aliphatic rings. The molecule has 0 atom stereocenters. The number of ether oxygens (including phenoxy) is 1. The summed E-state index contributed by atoms with van der Waals surface area (Å²) >= 11 is 0. The first-order valence-electron chi connectivity index (χ1n) is 11.0. The van der Waals surface area contributed by atoms with Crippen LogP contribution in [0.3, 0.4) is 0 Å². The highest BCUT2D eigenvalue weighted by Crippen LogP contribution is 2.31. The predicted octanol–water partition coefficient (Wildman–Crippen LogP) is 2.60. The number of nitrogens with two attached hydrogens (primary N) is 1. The highest BCUT2D eigenvalue weighted by molar-refractivity contribution is 5.64. The molecule has 8 nitrogen and oxygen atoms in total. The molecular formula is C24H29N7O. The summed E-state index contributed by atoms with van der Waals surface area (Å²) in [6, 6.07) is 10.2. The lowest BCUT2D eigenvalue weighted by Gasteiger charge is -2.37. The lowest BCUT2D eigenvalue weighted by atomic mass is 10.1. The Balaban J connectivity index is 1.31. The van der Waals surface area contributed by atoms with Crippen molar-refractivity contribution < 1.29 is 4.74 Å². The second-order valence-corrected chi connectivity index (χ2v) is 8.52. The van der Waals surface area contributed by atoms with E-state index in [4.69, 9.17) is 15.5 Å².